The third-order valence-corrected chi connectivity index (χ3v) is 2.03. The first-order chi connectivity index (χ1) is 6.64. The lowest BCUT2D eigenvalue weighted by atomic mass is 10.0. The molecule has 0 aliphatic heterocycles. The van der Waals surface area contributed by atoms with Gasteiger partial charge in [0.05, 0.1) is 0 Å². The van der Waals surface area contributed by atoms with Crippen molar-refractivity contribution < 1.29 is 0 Å². The van der Waals surface area contributed by atoms with E-state index in [0.717, 1.165) is 6.42 Å². The molecule has 0 atom stereocenters. The maximum atomic E-state index is 6.98. The average Bonchev–Trinajstić information content (AvgIpc) is 2.19. The van der Waals surface area contributed by atoms with Crippen molar-refractivity contribution in [2.24, 2.45) is 0 Å². The minimum Gasteiger partial charge on any atom is -0.311 e. The van der Waals surface area contributed by atoms with Gasteiger partial charge in [-0.1, -0.05) is 42.5 Å². The van der Waals surface area contributed by atoms with Gasteiger partial charge in [0.25, 0.3) is 0 Å². The monoisotopic (exact) mass is 185 g/mol. The van der Waals surface area contributed by atoms with Crippen LogP contribution >= 0.6 is 0 Å². The number of nitrogens with zero attached hydrogens (tertiary/aromatic N) is 1. The zero-order valence-electron chi connectivity index (χ0n) is 8.70. The summed E-state index contributed by atoms with van der Waals surface area (Å²) < 4.78 is 0. The third-order valence-electron chi connectivity index (χ3n) is 2.03. The van der Waals surface area contributed by atoms with E-state index in [0.29, 0.717) is 0 Å². The maximum Gasteiger partial charge on any atom is 0.230 e. The summed E-state index contributed by atoms with van der Waals surface area (Å²) in [6.07, 6.45) is 4.92. The molecule has 0 radical (unpaired) electrons. The molecular weight excluding hydrogens is 170 g/mol. The van der Waals surface area contributed by atoms with Gasteiger partial charge >= 0.3 is 0 Å². The molecule has 0 aliphatic rings. The average molecular weight is 185 g/mol. The zero-order chi connectivity index (χ0) is 10.4. The van der Waals surface area contributed by atoms with Crippen LogP contribution in [0.3, 0.4) is 0 Å². The molecule has 14 heavy (non-hydrogen) atoms. The first-order valence-electron chi connectivity index (χ1n) is 4.74. The van der Waals surface area contributed by atoms with Crippen LogP contribution in [0.5, 0.6) is 0 Å². The number of hydrogen-bond donors (Lipinski definition) is 0. The molecule has 0 spiro atoms. The molecule has 1 nitrogen and oxygen atoms in total. The first kappa shape index (κ1) is 10.5. The van der Waals surface area contributed by atoms with Gasteiger partial charge in [0.1, 0.15) is 0 Å². The Balaban J connectivity index is 2.55. The lowest BCUT2D eigenvalue weighted by Crippen LogP contribution is -2.11. The molecule has 0 aliphatic carbocycles. The first-order valence-corrected chi connectivity index (χ1v) is 4.74. The summed E-state index contributed by atoms with van der Waals surface area (Å²) in [5.74, 6) is 0. The fourth-order valence-corrected chi connectivity index (χ4v) is 1.09. The molecule has 0 N–H and O–H groups in total. The van der Waals surface area contributed by atoms with E-state index in [1.54, 1.807) is 0 Å². The lowest BCUT2D eigenvalue weighted by Gasteiger charge is -2.06. The Morgan fingerprint density at radius 1 is 1.29 bits per heavy atom. The van der Waals surface area contributed by atoms with Crippen molar-refractivity contribution in [1.29, 1.82) is 0 Å². The van der Waals surface area contributed by atoms with Gasteiger partial charge in [-0.15, -0.1) is 0 Å². The second-order valence-corrected chi connectivity index (χ2v) is 3.94. The van der Waals surface area contributed by atoms with Crippen molar-refractivity contribution in [1.82, 2.24) is 0 Å². The van der Waals surface area contributed by atoms with Crippen molar-refractivity contribution in [3.63, 3.8) is 0 Å². The second-order valence-electron chi connectivity index (χ2n) is 3.94. The van der Waals surface area contributed by atoms with Crippen LogP contribution in [-0.2, 0) is 0 Å². The van der Waals surface area contributed by atoms with E-state index in [-0.39, 0.29) is 5.54 Å². The highest BCUT2D eigenvalue weighted by molar-refractivity contribution is 5.48. The summed E-state index contributed by atoms with van der Waals surface area (Å²) >= 11 is 0. The molecule has 0 saturated heterocycles. The van der Waals surface area contributed by atoms with E-state index >= 15 is 0 Å². The Morgan fingerprint density at radius 2 is 1.93 bits per heavy atom. The summed E-state index contributed by atoms with van der Waals surface area (Å²) in [6.45, 7) is 10.9. The molecule has 1 rings (SSSR count). The highest BCUT2D eigenvalue weighted by atomic mass is 14.8. The van der Waals surface area contributed by atoms with Crippen LogP contribution in [0.25, 0.3) is 10.9 Å². The minimum atomic E-state index is -0.273. The van der Waals surface area contributed by atoms with E-state index in [1.165, 1.54) is 5.56 Å². The smallest absolute Gasteiger partial charge is 0.230 e. The predicted octanol–water partition coefficient (Wildman–Crippen LogP) is 3.79. The van der Waals surface area contributed by atoms with Crippen LogP contribution in [0.4, 0.5) is 0 Å². The molecule has 0 unspecified atom stereocenters. The Morgan fingerprint density at radius 3 is 2.50 bits per heavy atom. The van der Waals surface area contributed by atoms with E-state index < -0.39 is 0 Å². The summed E-state index contributed by atoms with van der Waals surface area (Å²) in [5.41, 5.74) is 0.916. The van der Waals surface area contributed by atoms with Gasteiger partial charge in [-0.3, -0.25) is 0 Å². The van der Waals surface area contributed by atoms with Gasteiger partial charge < -0.3 is 4.85 Å². The van der Waals surface area contributed by atoms with Crippen LogP contribution in [-0.4, -0.2) is 5.54 Å². The van der Waals surface area contributed by atoms with Gasteiger partial charge in [-0.2, -0.15) is 0 Å². The van der Waals surface area contributed by atoms with E-state index in [1.807, 2.05) is 32.0 Å². The van der Waals surface area contributed by atoms with Gasteiger partial charge in [0, 0.05) is 20.3 Å². The Hall–Kier alpha value is -1.55. The van der Waals surface area contributed by atoms with Crippen molar-refractivity contribution in [2.75, 3.05) is 0 Å². The van der Waals surface area contributed by atoms with Crippen LogP contribution in [0.2, 0.25) is 0 Å². The largest absolute Gasteiger partial charge is 0.311 e. The van der Waals surface area contributed by atoms with Crippen LogP contribution < -0.4 is 0 Å². The van der Waals surface area contributed by atoms with Crippen LogP contribution in [0.1, 0.15) is 25.8 Å². The molecule has 0 saturated carbocycles. The van der Waals surface area contributed by atoms with E-state index in [9.17, 15) is 0 Å². The fraction of sp³-hybridized carbons (Fsp3) is 0.308. The lowest BCUT2D eigenvalue weighted by molar-refractivity contribution is 0.625. The van der Waals surface area contributed by atoms with Crippen molar-refractivity contribution in [3.05, 3.63) is 53.4 Å². The molecule has 1 aromatic rings. The van der Waals surface area contributed by atoms with Crippen LogP contribution in [0.15, 0.2) is 36.4 Å². The molecule has 0 fully saturated rings. The van der Waals surface area contributed by atoms with Gasteiger partial charge in [0.15, 0.2) is 0 Å². The van der Waals surface area contributed by atoms with Gasteiger partial charge in [-0.05, 0) is 5.56 Å². The van der Waals surface area contributed by atoms with Crippen molar-refractivity contribution >= 4 is 6.08 Å². The SMILES string of the molecule is [C-]#[N+]C(C)(C)C/C=C/c1ccccc1. The van der Waals surface area contributed by atoms with Crippen LogP contribution in [0, 0.1) is 6.57 Å². The molecule has 1 heteroatoms. The highest BCUT2D eigenvalue weighted by Gasteiger charge is 2.19. The quantitative estimate of drug-likeness (QED) is 0.631. The normalized spacial score (nSPS) is 11.5. The summed E-state index contributed by atoms with van der Waals surface area (Å²) in [5, 5.41) is 0. The van der Waals surface area contributed by atoms with E-state index in [2.05, 4.69) is 29.1 Å². The third kappa shape index (κ3) is 3.45. The Kier molecular flexibility index (Phi) is 3.48. The predicted molar refractivity (Wildman–Crippen MR) is 60.8 cm³/mol. The second kappa shape index (κ2) is 4.62. The van der Waals surface area contributed by atoms with E-state index in [4.69, 9.17) is 6.57 Å². The molecule has 0 bridgehead atoms. The van der Waals surface area contributed by atoms with Gasteiger partial charge in [0.2, 0.25) is 5.54 Å². The topological polar surface area (TPSA) is 4.36 Å². The highest BCUT2D eigenvalue weighted by Crippen LogP contribution is 2.15. The molecule has 1 aromatic carbocycles. The summed E-state index contributed by atoms with van der Waals surface area (Å²) in [4.78, 5) is 3.55. The summed E-state index contributed by atoms with van der Waals surface area (Å²) in [7, 11) is 0. The van der Waals surface area contributed by atoms with Gasteiger partial charge in [-0.25, -0.2) is 6.57 Å². The maximum absolute atomic E-state index is 6.98. The molecule has 0 amide bonds. The zero-order valence-corrected chi connectivity index (χ0v) is 8.70. The summed E-state index contributed by atoms with van der Waals surface area (Å²) in [6, 6.07) is 10.1. The number of rotatable bonds is 3. The number of hydrogen-bond acceptors (Lipinski definition) is 0. The Labute approximate surface area is 85.9 Å². The van der Waals surface area contributed by atoms with Crippen molar-refractivity contribution in [3.8, 4) is 0 Å². The Bertz CT molecular complexity index is 341. The molecule has 0 aromatic heterocycles. The molecular formula is C13H15N. The molecule has 72 valence electrons. The fourth-order valence-electron chi connectivity index (χ4n) is 1.09. The molecule has 0 heterocycles. The van der Waals surface area contributed by atoms with Crippen molar-refractivity contribution in [2.45, 2.75) is 25.8 Å². The minimum absolute atomic E-state index is 0.273. The standard InChI is InChI=1S/C13H15N/c1-13(2,14-3)11-7-10-12-8-5-4-6-9-12/h4-10H,11H2,1-2H3/b10-7+. The number of benzene rings is 1.